The average molecular weight is 541 g/mol. The van der Waals surface area contributed by atoms with Crippen molar-refractivity contribution < 1.29 is 30.0 Å². The Morgan fingerprint density at radius 1 is 1.25 bits per heavy atom. The molecule has 10 nitrogen and oxygen atoms in total. The first kappa shape index (κ1) is 33.1. The molecule has 0 aliphatic carbocycles. The van der Waals surface area contributed by atoms with Crippen molar-refractivity contribution in [2.45, 2.75) is 26.0 Å². The molecule has 0 radical (unpaired) electrons. The number of carbonyl (C=O) groups excluding carboxylic acids is 1. The van der Waals surface area contributed by atoms with Crippen LogP contribution in [0.2, 0.25) is 0 Å². The lowest BCUT2D eigenvalue weighted by atomic mass is 10.2. The number of thioether (sulfide) groups is 1. The Labute approximate surface area is 220 Å². The Bertz CT molecular complexity index is 1150. The number of rotatable bonds is 8. The van der Waals surface area contributed by atoms with Gasteiger partial charge in [0.25, 0.3) is 0 Å². The summed E-state index contributed by atoms with van der Waals surface area (Å²) in [5, 5.41) is 1.96. The molecule has 200 valence electrons. The second-order valence-electron chi connectivity index (χ2n) is 7.12. The Morgan fingerprint density at radius 3 is 2.64 bits per heavy atom. The fourth-order valence-corrected chi connectivity index (χ4v) is 4.36. The van der Waals surface area contributed by atoms with Crippen molar-refractivity contribution in [1.29, 1.82) is 0 Å². The van der Waals surface area contributed by atoms with Gasteiger partial charge in [-0.25, -0.2) is 0 Å². The summed E-state index contributed by atoms with van der Waals surface area (Å²) in [6, 6.07) is 11.4. The number of benzene rings is 1. The number of pyridine rings is 1. The third-order valence-electron chi connectivity index (χ3n) is 4.62. The highest BCUT2D eigenvalue weighted by molar-refractivity contribution is 8.15. The van der Waals surface area contributed by atoms with Gasteiger partial charge in [-0.2, -0.15) is 0 Å². The van der Waals surface area contributed by atoms with E-state index in [1.165, 1.54) is 0 Å². The topological polar surface area (TPSA) is 178 Å². The number of nitrogens with zero attached hydrogens (tertiary/aromatic N) is 1. The smallest absolute Gasteiger partial charge is 0.306 e. The fraction of sp³-hybridized carbons (Fsp3) is 0.375. The number of hydrogen-bond donors (Lipinski definition) is 3. The number of fused-ring (bicyclic) bond motifs is 1. The minimum atomic E-state index is -0.180. The highest BCUT2D eigenvalue weighted by Gasteiger charge is 2.25. The van der Waals surface area contributed by atoms with Gasteiger partial charge in [-0.3, -0.25) is 9.79 Å². The van der Waals surface area contributed by atoms with E-state index in [-0.39, 0.29) is 29.6 Å². The van der Waals surface area contributed by atoms with Gasteiger partial charge in [-0.15, -0.1) is 0 Å². The monoisotopic (exact) mass is 540 g/mol. The van der Waals surface area contributed by atoms with Crippen molar-refractivity contribution in [3.05, 3.63) is 52.9 Å². The average Bonchev–Trinajstić information content (AvgIpc) is 3.42. The van der Waals surface area contributed by atoms with Gasteiger partial charge >= 0.3 is 5.97 Å². The molecule has 3 heterocycles. The molecule has 1 unspecified atom stereocenters. The Morgan fingerprint density at radius 2 is 2.03 bits per heavy atom. The molecule has 1 atom stereocenters. The number of anilines is 1. The van der Waals surface area contributed by atoms with E-state index in [1.807, 2.05) is 43.5 Å². The van der Waals surface area contributed by atoms with Gasteiger partial charge in [0.1, 0.15) is 22.0 Å². The molecular formula is C24H36N4O6S2. The SMILES string of the molecule is C.CCOC(=O)CC1CN=C(c2cc3cc(OCCOC)cc(N)c3[nH]2)S1.O.O.S=c1cccc[nH]1. The first-order valence-corrected chi connectivity index (χ1v) is 11.8. The van der Waals surface area contributed by atoms with Gasteiger partial charge in [-0.1, -0.05) is 37.5 Å². The zero-order valence-electron chi connectivity index (χ0n) is 19.6. The Balaban J connectivity index is 0.00000106. The maximum absolute atomic E-state index is 11.6. The van der Waals surface area contributed by atoms with Crippen LogP contribution in [0.4, 0.5) is 5.69 Å². The predicted molar refractivity (Wildman–Crippen MR) is 150 cm³/mol. The molecule has 36 heavy (non-hydrogen) atoms. The summed E-state index contributed by atoms with van der Waals surface area (Å²) in [5.41, 5.74) is 8.53. The van der Waals surface area contributed by atoms with Gasteiger partial charge in [0.15, 0.2) is 0 Å². The first-order valence-electron chi connectivity index (χ1n) is 10.5. The van der Waals surface area contributed by atoms with E-state index in [4.69, 9.17) is 32.2 Å². The number of hydrogen-bond acceptors (Lipinski definition) is 8. The third-order valence-corrected chi connectivity index (χ3v) is 6.09. The summed E-state index contributed by atoms with van der Waals surface area (Å²) < 4.78 is 16.4. The van der Waals surface area contributed by atoms with Crippen molar-refractivity contribution in [1.82, 2.24) is 9.97 Å². The van der Waals surface area contributed by atoms with Gasteiger partial charge in [-0.05, 0) is 31.2 Å². The standard InChI is InChI=1S/C18H23N3O4S.C5H5NS.CH4.2H2O/c1-3-24-16(22)9-13-10-20-18(26-13)15-7-11-6-12(25-5-4-23-2)8-14(19)17(11)21-15;7-5-3-1-2-4-6-5;;;/h6-8,13,21H,3-5,9-10,19H2,1-2H3;1-4H,(H,6,7);1H4;2*1H2. The summed E-state index contributed by atoms with van der Waals surface area (Å²) in [7, 11) is 1.63. The summed E-state index contributed by atoms with van der Waals surface area (Å²) >= 11 is 6.35. The molecule has 1 aliphatic heterocycles. The summed E-state index contributed by atoms with van der Waals surface area (Å²) in [6.45, 7) is 3.81. The second kappa shape index (κ2) is 16.7. The van der Waals surface area contributed by atoms with E-state index in [1.54, 1.807) is 24.9 Å². The Hall–Kier alpha value is -2.90. The molecule has 1 aliphatic rings. The van der Waals surface area contributed by atoms with Crippen molar-refractivity contribution in [3.8, 4) is 5.75 Å². The summed E-state index contributed by atoms with van der Waals surface area (Å²) in [6.07, 6.45) is 2.17. The number of carbonyl (C=O) groups is 1. The van der Waals surface area contributed by atoms with Crippen molar-refractivity contribution >= 4 is 51.6 Å². The van der Waals surface area contributed by atoms with Crippen LogP contribution >= 0.6 is 24.0 Å². The van der Waals surface area contributed by atoms with Gasteiger partial charge < -0.3 is 40.9 Å². The van der Waals surface area contributed by atoms with Crippen LogP contribution in [-0.2, 0) is 14.3 Å². The zero-order valence-corrected chi connectivity index (χ0v) is 21.3. The second-order valence-corrected chi connectivity index (χ2v) is 8.85. The highest BCUT2D eigenvalue weighted by Crippen LogP contribution is 2.32. The quantitative estimate of drug-likeness (QED) is 0.170. The molecule has 3 aromatic rings. The van der Waals surface area contributed by atoms with Crippen LogP contribution in [0.1, 0.15) is 26.5 Å². The lowest BCUT2D eigenvalue weighted by Gasteiger charge is -2.07. The Kier molecular flexibility index (Phi) is 15.4. The maximum Gasteiger partial charge on any atom is 0.306 e. The molecule has 0 fully saturated rings. The summed E-state index contributed by atoms with van der Waals surface area (Å²) in [5.74, 6) is 0.527. The number of nitrogens with one attached hydrogen (secondary N) is 2. The number of methoxy groups -OCH3 is 1. The van der Waals surface area contributed by atoms with E-state index in [2.05, 4.69) is 15.0 Å². The van der Waals surface area contributed by atoms with E-state index < -0.39 is 0 Å². The van der Waals surface area contributed by atoms with Gasteiger partial charge in [0.2, 0.25) is 0 Å². The molecule has 8 N–H and O–H groups in total. The van der Waals surface area contributed by atoms with E-state index in [9.17, 15) is 4.79 Å². The van der Waals surface area contributed by atoms with Crippen LogP contribution in [0.15, 0.2) is 47.6 Å². The third kappa shape index (κ3) is 9.63. The predicted octanol–water partition coefficient (Wildman–Crippen LogP) is 3.32. The number of esters is 1. The molecule has 4 rings (SSSR count). The number of H-pyrrole nitrogens is 2. The van der Waals surface area contributed by atoms with Gasteiger partial charge in [0, 0.05) is 30.0 Å². The molecule has 0 saturated carbocycles. The normalized spacial score (nSPS) is 13.7. The largest absolute Gasteiger partial charge is 0.491 e. The van der Waals surface area contributed by atoms with E-state index in [0.717, 1.165) is 26.3 Å². The number of aromatic nitrogens is 2. The highest BCUT2D eigenvalue weighted by atomic mass is 32.2. The van der Waals surface area contributed by atoms with Crippen LogP contribution < -0.4 is 10.5 Å². The van der Waals surface area contributed by atoms with Crippen LogP contribution in [0.25, 0.3) is 10.9 Å². The van der Waals surface area contributed by atoms with Crippen LogP contribution in [0, 0.1) is 4.64 Å². The molecule has 0 saturated heterocycles. The number of ether oxygens (including phenoxy) is 3. The fourth-order valence-electron chi connectivity index (χ4n) is 3.14. The number of aromatic amines is 2. The van der Waals surface area contributed by atoms with Crippen molar-refractivity contribution in [2.75, 3.05) is 39.2 Å². The lowest BCUT2D eigenvalue weighted by molar-refractivity contribution is -0.143. The maximum atomic E-state index is 11.6. The lowest BCUT2D eigenvalue weighted by Crippen LogP contribution is -2.14. The number of aliphatic imine (C=N–C) groups is 1. The van der Waals surface area contributed by atoms with E-state index in [0.29, 0.717) is 44.2 Å². The minimum absolute atomic E-state index is 0. The molecule has 12 heteroatoms. The molecule has 1 aromatic carbocycles. The molecule has 0 bridgehead atoms. The molecule has 0 spiro atoms. The minimum Gasteiger partial charge on any atom is -0.491 e. The first-order chi connectivity index (χ1) is 16.0. The molecular weight excluding hydrogens is 504 g/mol. The van der Waals surface area contributed by atoms with Crippen molar-refractivity contribution in [3.63, 3.8) is 0 Å². The van der Waals surface area contributed by atoms with Crippen LogP contribution in [0.3, 0.4) is 0 Å². The van der Waals surface area contributed by atoms with Crippen LogP contribution in [-0.4, -0.2) is 70.7 Å². The van der Waals surface area contributed by atoms with E-state index >= 15 is 0 Å². The van der Waals surface area contributed by atoms with Gasteiger partial charge in [0.05, 0.1) is 43.1 Å². The summed E-state index contributed by atoms with van der Waals surface area (Å²) in [4.78, 5) is 22.4. The molecule has 2 aromatic heterocycles. The zero-order chi connectivity index (χ0) is 23.6. The number of nitrogen functional groups attached to an aromatic ring is 1. The van der Waals surface area contributed by atoms with Crippen LogP contribution in [0.5, 0.6) is 5.75 Å². The van der Waals surface area contributed by atoms with Crippen molar-refractivity contribution in [2.24, 2.45) is 4.99 Å². The molecule has 0 amide bonds. The number of nitrogens with two attached hydrogens (primary N) is 1.